The first-order valence-electron chi connectivity index (χ1n) is 7.13. The van der Waals surface area contributed by atoms with Gasteiger partial charge in [-0.15, -0.1) is 0 Å². The smallest absolute Gasteiger partial charge is 0.226 e. The molecule has 2 bridgehead atoms. The molecule has 2 N–H and O–H groups in total. The largest absolute Gasteiger partial charge is 0.383 e. The molecule has 5 atom stereocenters. The van der Waals surface area contributed by atoms with Crippen LogP contribution in [0, 0.1) is 29.6 Å². The van der Waals surface area contributed by atoms with E-state index in [0.29, 0.717) is 25.0 Å². The average Bonchev–Trinajstić information content (AvgIpc) is 2.76. The lowest BCUT2D eigenvalue weighted by molar-refractivity contribution is -0.132. The number of likely N-dealkylation sites (N-methyl/N-ethyl adjacent to an activating group) is 1. The molecule has 0 heterocycles. The maximum Gasteiger partial charge on any atom is 0.226 e. The third-order valence-electron chi connectivity index (χ3n) is 5.29. The highest BCUT2D eigenvalue weighted by molar-refractivity contribution is 5.82. The lowest BCUT2D eigenvalue weighted by atomic mass is 10.0. The Balaban J connectivity index is 1.53. The highest BCUT2D eigenvalue weighted by Gasteiger charge is 2.67. The molecule has 0 aromatic rings. The van der Waals surface area contributed by atoms with E-state index >= 15 is 0 Å². The molecule has 3 aliphatic carbocycles. The highest BCUT2D eigenvalue weighted by Crippen LogP contribution is 2.69. The van der Waals surface area contributed by atoms with Crippen molar-refractivity contribution in [3.05, 3.63) is 0 Å². The monoisotopic (exact) mass is 252 g/mol. The van der Waals surface area contributed by atoms with Crippen LogP contribution in [0.1, 0.15) is 19.3 Å². The Labute approximate surface area is 109 Å². The van der Waals surface area contributed by atoms with Crippen LogP contribution in [-0.4, -0.2) is 44.2 Å². The van der Waals surface area contributed by atoms with Crippen molar-refractivity contribution in [3.63, 3.8) is 0 Å². The number of ether oxygens (including phenoxy) is 1. The molecule has 3 saturated carbocycles. The highest BCUT2D eigenvalue weighted by atomic mass is 16.5. The molecule has 0 saturated heterocycles. The summed E-state index contributed by atoms with van der Waals surface area (Å²) in [6.45, 7) is 1.12. The molecule has 3 aliphatic rings. The number of nitrogens with two attached hydrogens (primary N) is 1. The van der Waals surface area contributed by atoms with Crippen LogP contribution in [0.4, 0.5) is 0 Å². The maximum absolute atomic E-state index is 12.4. The quantitative estimate of drug-likeness (QED) is 0.784. The fourth-order valence-corrected chi connectivity index (χ4v) is 4.62. The molecular formula is C14H24N2O2. The molecule has 18 heavy (non-hydrogen) atoms. The van der Waals surface area contributed by atoms with Crippen molar-refractivity contribution in [1.29, 1.82) is 0 Å². The summed E-state index contributed by atoms with van der Waals surface area (Å²) >= 11 is 0. The fraction of sp³-hybridized carbons (Fsp3) is 0.929. The predicted molar refractivity (Wildman–Crippen MR) is 68.8 cm³/mol. The van der Waals surface area contributed by atoms with Crippen molar-refractivity contribution in [1.82, 2.24) is 4.90 Å². The number of rotatable bonds is 5. The van der Waals surface area contributed by atoms with E-state index in [1.54, 1.807) is 7.11 Å². The molecule has 5 unspecified atom stereocenters. The Morgan fingerprint density at radius 1 is 1.39 bits per heavy atom. The number of nitrogens with zero attached hydrogens (tertiary/aromatic N) is 1. The molecule has 4 heteroatoms. The van der Waals surface area contributed by atoms with E-state index in [4.69, 9.17) is 10.5 Å². The fourth-order valence-electron chi connectivity index (χ4n) is 4.62. The zero-order chi connectivity index (χ0) is 12.9. The number of amides is 1. The van der Waals surface area contributed by atoms with E-state index in [0.717, 1.165) is 23.7 Å². The Hall–Kier alpha value is -0.610. The molecule has 102 valence electrons. The van der Waals surface area contributed by atoms with Gasteiger partial charge in [-0.2, -0.15) is 0 Å². The van der Waals surface area contributed by atoms with E-state index in [1.165, 1.54) is 19.3 Å². The third kappa shape index (κ3) is 1.86. The van der Waals surface area contributed by atoms with Gasteiger partial charge >= 0.3 is 0 Å². The summed E-state index contributed by atoms with van der Waals surface area (Å²) in [6.07, 6.45) is 4.12. The first-order valence-corrected chi connectivity index (χ1v) is 7.13. The maximum atomic E-state index is 12.4. The summed E-state index contributed by atoms with van der Waals surface area (Å²) in [6, 6.07) is -0.0701. The van der Waals surface area contributed by atoms with Gasteiger partial charge in [-0.05, 0) is 42.9 Å². The molecule has 0 aromatic heterocycles. The number of carbonyl (C=O) groups is 1. The van der Waals surface area contributed by atoms with Gasteiger partial charge in [-0.3, -0.25) is 4.79 Å². The van der Waals surface area contributed by atoms with Crippen molar-refractivity contribution >= 4 is 5.91 Å². The van der Waals surface area contributed by atoms with Crippen LogP contribution in [0.2, 0.25) is 0 Å². The molecular weight excluding hydrogens is 228 g/mol. The van der Waals surface area contributed by atoms with Gasteiger partial charge in [0.15, 0.2) is 0 Å². The second-order valence-electron chi connectivity index (χ2n) is 6.45. The molecule has 3 fully saturated rings. The number of carbonyl (C=O) groups excluding carboxylic acids is 1. The van der Waals surface area contributed by atoms with E-state index in [-0.39, 0.29) is 6.04 Å². The van der Waals surface area contributed by atoms with Gasteiger partial charge in [0.2, 0.25) is 5.91 Å². The standard InChI is InChI=1S/C14H24N2O2/c1-16(6-10(15)7-18-2)14(17)13-11-8-3-4-9(5-8)12(11)13/h8-13H,3-7,15H2,1-2H3. The summed E-state index contributed by atoms with van der Waals surface area (Å²) in [4.78, 5) is 14.2. The topological polar surface area (TPSA) is 55.6 Å². The van der Waals surface area contributed by atoms with Crippen LogP contribution in [-0.2, 0) is 9.53 Å². The number of hydrogen-bond acceptors (Lipinski definition) is 3. The van der Waals surface area contributed by atoms with Gasteiger partial charge in [0.05, 0.1) is 6.61 Å². The number of hydrogen-bond donors (Lipinski definition) is 1. The van der Waals surface area contributed by atoms with Crippen molar-refractivity contribution < 1.29 is 9.53 Å². The second kappa shape index (κ2) is 4.49. The van der Waals surface area contributed by atoms with Gasteiger partial charge in [-0.25, -0.2) is 0 Å². The van der Waals surface area contributed by atoms with E-state index in [1.807, 2.05) is 11.9 Å². The van der Waals surface area contributed by atoms with Gasteiger partial charge in [0.1, 0.15) is 0 Å². The van der Waals surface area contributed by atoms with Crippen LogP contribution in [0.25, 0.3) is 0 Å². The van der Waals surface area contributed by atoms with E-state index < -0.39 is 0 Å². The van der Waals surface area contributed by atoms with Crippen molar-refractivity contribution in [2.75, 3.05) is 27.3 Å². The molecule has 0 aromatic carbocycles. The molecule has 0 spiro atoms. The zero-order valence-electron chi connectivity index (χ0n) is 11.3. The Morgan fingerprint density at radius 2 is 2.00 bits per heavy atom. The average molecular weight is 252 g/mol. The first-order chi connectivity index (χ1) is 8.63. The second-order valence-corrected chi connectivity index (χ2v) is 6.45. The summed E-state index contributed by atoms with van der Waals surface area (Å²) in [5.41, 5.74) is 5.91. The van der Waals surface area contributed by atoms with Crippen LogP contribution in [0.3, 0.4) is 0 Å². The van der Waals surface area contributed by atoms with Gasteiger partial charge < -0.3 is 15.4 Å². The summed E-state index contributed by atoms with van der Waals surface area (Å²) in [5, 5.41) is 0. The van der Waals surface area contributed by atoms with Gasteiger partial charge in [0, 0.05) is 32.7 Å². The van der Waals surface area contributed by atoms with Crippen LogP contribution in [0.5, 0.6) is 0 Å². The molecule has 3 rings (SSSR count). The minimum Gasteiger partial charge on any atom is -0.383 e. The lowest BCUT2D eigenvalue weighted by Crippen LogP contribution is -2.42. The Bertz CT molecular complexity index is 331. The van der Waals surface area contributed by atoms with E-state index in [9.17, 15) is 4.79 Å². The molecule has 1 amide bonds. The van der Waals surface area contributed by atoms with Crippen LogP contribution < -0.4 is 5.73 Å². The normalized spacial score (nSPS) is 41.6. The van der Waals surface area contributed by atoms with E-state index in [2.05, 4.69) is 0 Å². The third-order valence-corrected chi connectivity index (χ3v) is 5.29. The van der Waals surface area contributed by atoms with Crippen LogP contribution in [0.15, 0.2) is 0 Å². The summed E-state index contributed by atoms with van der Waals surface area (Å²) < 4.78 is 5.02. The molecule has 0 radical (unpaired) electrons. The predicted octanol–water partition coefficient (Wildman–Crippen LogP) is 0.711. The summed E-state index contributed by atoms with van der Waals surface area (Å²) in [5.74, 6) is 3.81. The van der Waals surface area contributed by atoms with Crippen molar-refractivity contribution in [2.45, 2.75) is 25.3 Å². The molecule has 0 aliphatic heterocycles. The SMILES string of the molecule is COCC(N)CN(C)C(=O)C1C2C3CCC(C3)C12. The number of methoxy groups -OCH3 is 1. The van der Waals surface area contributed by atoms with Gasteiger partial charge in [-0.1, -0.05) is 0 Å². The van der Waals surface area contributed by atoms with Crippen molar-refractivity contribution in [2.24, 2.45) is 35.3 Å². The summed E-state index contributed by atoms with van der Waals surface area (Å²) in [7, 11) is 3.53. The lowest BCUT2D eigenvalue weighted by Gasteiger charge is -2.22. The zero-order valence-corrected chi connectivity index (χ0v) is 11.3. The molecule has 4 nitrogen and oxygen atoms in total. The van der Waals surface area contributed by atoms with Crippen molar-refractivity contribution in [3.8, 4) is 0 Å². The minimum atomic E-state index is -0.0701. The minimum absolute atomic E-state index is 0.0701. The first kappa shape index (κ1) is 12.4. The Morgan fingerprint density at radius 3 is 2.56 bits per heavy atom. The van der Waals surface area contributed by atoms with Crippen LogP contribution >= 0.6 is 0 Å². The number of fused-ring (bicyclic) bond motifs is 5. The van der Waals surface area contributed by atoms with Gasteiger partial charge in [0.25, 0.3) is 0 Å². The Kier molecular flexibility index (Phi) is 3.10.